The summed E-state index contributed by atoms with van der Waals surface area (Å²) in [6.45, 7) is 3.33. The van der Waals surface area contributed by atoms with E-state index in [1.807, 2.05) is 6.07 Å². The lowest BCUT2D eigenvalue weighted by atomic mass is 9.86. The van der Waals surface area contributed by atoms with Crippen LogP contribution in [0.5, 0.6) is 5.75 Å². The van der Waals surface area contributed by atoms with Crippen LogP contribution in [0.15, 0.2) is 28.9 Å². The number of phenols is 1. The topological polar surface area (TPSA) is 70.7 Å². The summed E-state index contributed by atoms with van der Waals surface area (Å²) in [5.74, 6) is -0.783. The van der Waals surface area contributed by atoms with Crippen LogP contribution in [0.3, 0.4) is 0 Å². The predicted molar refractivity (Wildman–Crippen MR) is 63.0 cm³/mol. The summed E-state index contributed by atoms with van der Waals surface area (Å²) in [5.41, 5.74) is 0.342. The van der Waals surface area contributed by atoms with Crippen LogP contribution in [0.1, 0.15) is 19.4 Å². The average molecular weight is 234 g/mol. The van der Waals surface area contributed by atoms with Crippen LogP contribution >= 0.6 is 0 Å². The van der Waals surface area contributed by atoms with Crippen LogP contribution in [0.25, 0.3) is 11.0 Å². The third-order valence-electron chi connectivity index (χ3n) is 2.87. The molecule has 0 saturated heterocycles. The summed E-state index contributed by atoms with van der Waals surface area (Å²) in [5, 5.41) is 19.4. The van der Waals surface area contributed by atoms with E-state index in [2.05, 4.69) is 0 Å². The number of hydrogen-bond donors (Lipinski definition) is 2. The lowest BCUT2D eigenvalue weighted by molar-refractivity contribution is -0.146. The molecular weight excluding hydrogens is 220 g/mol. The smallest absolute Gasteiger partial charge is 0.309 e. The van der Waals surface area contributed by atoms with Crippen molar-refractivity contribution in [3.8, 4) is 5.75 Å². The predicted octanol–water partition coefficient (Wildman–Crippen LogP) is 2.79. The van der Waals surface area contributed by atoms with Crippen molar-refractivity contribution >= 4 is 16.9 Å². The molecule has 0 fully saturated rings. The number of benzene rings is 1. The first kappa shape index (κ1) is 11.5. The second-order valence-electron chi connectivity index (χ2n) is 4.78. The van der Waals surface area contributed by atoms with Gasteiger partial charge in [0.1, 0.15) is 0 Å². The van der Waals surface area contributed by atoms with E-state index in [9.17, 15) is 9.90 Å². The first-order valence-electron chi connectivity index (χ1n) is 5.33. The molecule has 0 spiro atoms. The quantitative estimate of drug-likeness (QED) is 0.856. The highest BCUT2D eigenvalue weighted by molar-refractivity contribution is 5.86. The Morgan fingerprint density at radius 1 is 1.41 bits per heavy atom. The second-order valence-corrected chi connectivity index (χ2v) is 4.78. The molecule has 4 nitrogen and oxygen atoms in total. The van der Waals surface area contributed by atoms with E-state index in [4.69, 9.17) is 9.52 Å². The number of carboxylic acids is 1. The van der Waals surface area contributed by atoms with Crippen LogP contribution < -0.4 is 0 Å². The molecule has 2 rings (SSSR count). The molecule has 0 aliphatic carbocycles. The number of fused-ring (bicyclic) bond motifs is 1. The fourth-order valence-corrected chi connectivity index (χ4v) is 1.78. The molecule has 2 aromatic rings. The summed E-state index contributed by atoms with van der Waals surface area (Å²) < 4.78 is 5.26. The van der Waals surface area contributed by atoms with Crippen LogP contribution in [-0.2, 0) is 11.2 Å². The van der Waals surface area contributed by atoms with Crippen LogP contribution in [-0.4, -0.2) is 16.2 Å². The van der Waals surface area contributed by atoms with Crippen LogP contribution in [0.4, 0.5) is 0 Å². The molecule has 0 saturated carbocycles. The van der Waals surface area contributed by atoms with Crippen molar-refractivity contribution in [3.05, 3.63) is 30.0 Å². The summed E-state index contributed by atoms with van der Waals surface area (Å²) in [6.07, 6.45) is 1.87. The maximum Gasteiger partial charge on any atom is 0.309 e. The van der Waals surface area contributed by atoms with Crippen molar-refractivity contribution in [2.45, 2.75) is 20.3 Å². The zero-order valence-corrected chi connectivity index (χ0v) is 9.73. The molecule has 0 aliphatic rings. The summed E-state index contributed by atoms with van der Waals surface area (Å²) >= 11 is 0. The van der Waals surface area contributed by atoms with E-state index < -0.39 is 11.4 Å². The van der Waals surface area contributed by atoms with Crippen molar-refractivity contribution in [2.24, 2.45) is 5.41 Å². The van der Waals surface area contributed by atoms with Crippen molar-refractivity contribution in [1.82, 2.24) is 0 Å². The molecule has 0 amide bonds. The van der Waals surface area contributed by atoms with Gasteiger partial charge in [0.25, 0.3) is 0 Å². The Morgan fingerprint density at radius 2 is 2.12 bits per heavy atom. The zero-order valence-electron chi connectivity index (χ0n) is 9.73. The molecule has 90 valence electrons. The summed E-state index contributed by atoms with van der Waals surface area (Å²) in [6, 6.07) is 5.06. The molecule has 4 heteroatoms. The molecule has 2 N–H and O–H groups in total. The minimum Gasteiger partial charge on any atom is -0.504 e. The third kappa shape index (κ3) is 1.98. The molecule has 17 heavy (non-hydrogen) atoms. The Morgan fingerprint density at radius 3 is 2.76 bits per heavy atom. The van der Waals surface area contributed by atoms with Gasteiger partial charge in [0.15, 0.2) is 11.3 Å². The number of phenolic OH excluding ortho intramolecular Hbond substituents is 1. The molecule has 1 aromatic carbocycles. The summed E-state index contributed by atoms with van der Waals surface area (Å²) in [7, 11) is 0. The Labute approximate surface area is 98.5 Å². The van der Waals surface area contributed by atoms with Gasteiger partial charge in [0.2, 0.25) is 0 Å². The number of furan rings is 1. The molecule has 0 radical (unpaired) electrons. The fourth-order valence-electron chi connectivity index (χ4n) is 1.78. The van der Waals surface area contributed by atoms with Gasteiger partial charge in [-0.25, -0.2) is 0 Å². The molecule has 0 aliphatic heterocycles. The van der Waals surface area contributed by atoms with Gasteiger partial charge in [0, 0.05) is 5.39 Å². The van der Waals surface area contributed by atoms with Gasteiger partial charge >= 0.3 is 5.97 Å². The van der Waals surface area contributed by atoms with E-state index in [0.717, 1.165) is 10.9 Å². The van der Waals surface area contributed by atoms with E-state index in [1.54, 1.807) is 19.9 Å². The highest BCUT2D eigenvalue weighted by Crippen LogP contribution is 2.32. The van der Waals surface area contributed by atoms with E-state index in [0.29, 0.717) is 12.0 Å². The highest BCUT2D eigenvalue weighted by Gasteiger charge is 2.29. The first-order chi connectivity index (χ1) is 7.92. The molecule has 0 unspecified atom stereocenters. The van der Waals surface area contributed by atoms with Gasteiger partial charge in [0.05, 0.1) is 11.7 Å². The van der Waals surface area contributed by atoms with Crippen molar-refractivity contribution < 1.29 is 19.4 Å². The number of para-hydroxylation sites is 1. The van der Waals surface area contributed by atoms with Crippen molar-refractivity contribution in [1.29, 1.82) is 0 Å². The van der Waals surface area contributed by atoms with E-state index >= 15 is 0 Å². The Kier molecular flexibility index (Phi) is 2.58. The van der Waals surface area contributed by atoms with Gasteiger partial charge in [-0.15, -0.1) is 0 Å². The van der Waals surface area contributed by atoms with E-state index in [-0.39, 0.29) is 5.75 Å². The number of hydrogen-bond acceptors (Lipinski definition) is 3. The fraction of sp³-hybridized carbons (Fsp3) is 0.308. The van der Waals surface area contributed by atoms with Crippen molar-refractivity contribution in [2.75, 3.05) is 0 Å². The first-order valence-corrected chi connectivity index (χ1v) is 5.33. The molecule has 1 heterocycles. The number of carbonyl (C=O) groups is 1. The van der Waals surface area contributed by atoms with E-state index in [1.165, 1.54) is 12.3 Å². The number of aliphatic carboxylic acids is 1. The van der Waals surface area contributed by atoms with Gasteiger partial charge in [-0.2, -0.15) is 0 Å². The normalized spacial score (nSPS) is 11.9. The maximum atomic E-state index is 11.1. The standard InChI is InChI=1S/C13H14O4/c1-13(2,12(15)16)6-8-7-17-11-9(8)4-3-5-10(11)14/h3-5,7,14H,6H2,1-2H3,(H,15,16). The van der Waals surface area contributed by atoms with Gasteiger partial charge in [-0.05, 0) is 31.9 Å². The largest absolute Gasteiger partial charge is 0.504 e. The number of rotatable bonds is 3. The molecular formula is C13H14O4. The van der Waals surface area contributed by atoms with Crippen molar-refractivity contribution in [3.63, 3.8) is 0 Å². The highest BCUT2D eigenvalue weighted by atomic mass is 16.4. The average Bonchev–Trinajstić information content (AvgIpc) is 2.62. The maximum absolute atomic E-state index is 11.1. The Bertz CT molecular complexity index is 566. The monoisotopic (exact) mass is 234 g/mol. The lowest BCUT2D eigenvalue weighted by Crippen LogP contribution is -2.26. The zero-order chi connectivity index (χ0) is 12.6. The Balaban J connectivity index is 2.44. The van der Waals surface area contributed by atoms with Gasteiger partial charge in [-0.3, -0.25) is 4.79 Å². The van der Waals surface area contributed by atoms with Gasteiger partial charge < -0.3 is 14.6 Å². The molecule has 1 aromatic heterocycles. The van der Waals surface area contributed by atoms with Crippen LogP contribution in [0, 0.1) is 5.41 Å². The van der Waals surface area contributed by atoms with Gasteiger partial charge in [-0.1, -0.05) is 12.1 Å². The SMILES string of the molecule is CC(C)(Cc1coc2c(O)cccc12)C(=O)O. The number of aromatic hydroxyl groups is 1. The lowest BCUT2D eigenvalue weighted by Gasteiger charge is -2.17. The summed E-state index contributed by atoms with van der Waals surface area (Å²) in [4.78, 5) is 11.1. The molecule has 0 bridgehead atoms. The Hall–Kier alpha value is -1.97. The molecule has 0 atom stereocenters. The minimum atomic E-state index is -0.859. The van der Waals surface area contributed by atoms with Crippen LogP contribution in [0.2, 0.25) is 0 Å². The minimum absolute atomic E-state index is 0.0712. The number of carboxylic acid groups (broad SMARTS) is 1. The third-order valence-corrected chi connectivity index (χ3v) is 2.87. The second kappa shape index (κ2) is 3.80.